The van der Waals surface area contributed by atoms with Crippen molar-refractivity contribution in [2.75, 3.05) is 5.32 Å². The van der Waals surface area contributed by atoms with Crippen molar-refractivity contribution in [3.8, 4) is 11.3 Å². The normalized spacial score (nSPS) is 14.9. The predicted molar refractivity (Wildman–Crippen MR) is 105 cm³/mol. The molecule has 10 heteroatoms. The summed E-state index contributed by atoms with van der Waals surface area (Å²) in [5.41, 5.74) is 2.62. The van der Waals surface area contributed by atoms with Gasteiger partial charge in [-0.2, -0.15) is 9.78 Å². The first-order valence-corrected chi connectivity index (χ1v) is 9.07. The van der Waals surface area contributed by atoms with Crippen molar-refractivity contribution >= 4 is 34.8 Å². The first-order valence-electron chi connectivity index (χ1n) is 8.31. The van der Waals surface area contributed by atoms with E-state index in [1.165, 1.54) is 0 Å². The smallest absolute Gasteiger partial charge is 0.288 e. The minimum Gasteiger partial charge on any atom is -0.318 e. The summed E-state index contributed by atoms with van der Waals surface area (Å²) >= 11 is 12.5. The van der Waals surface area contributed by atoms with Crippen molar-refractivity contribution in [3.63, 3.8) is 0 Å². The van der Waals surface area contributed by atoms with Gasteiger partial charge >= 0.3 is 0 Å². The van der Waals surface area contributed by atoms with Crippen molar-refractivity contribution < 1.29 is 0 Å². The molecule has 0 aliphatic carbocycles. The fourth-order valence-corrected chi connectivity index (χ4v) is 3.87. The van der Waals surface area contributed by atoms with Crippen LogP contribution in [0.2, 0.25) is 10.0 Å². The fourth-order valence-electron chi connectivity index (χ4n) is 3.37. The summed E-state index contributed by atoms with van der Waals surface area (Å²) < 4.78 is 1.62. The Labute approximate surface area is 168 Å². The summed E-state index contributed by atoms with van der Waals surface area (Å²) in [4.78, 5) is 12.6. The van der Waals surface area contributed by atoms with E-state index in [1.54, 1.807) is 22.9 Å². The van der Waals surface area contributed by atoms with Gasteiger partial charge in [0.25, 0.3) is 5.56 Å². The van der Waals surface area contributed by atoms with Gasteiger partial charge in [0.2, 0.25) is 5.95 Å². The van der Waals surface area contributed by atoms with Crippen molar-refractivity contribution in [1.82, 2.24) is 30.4 Å². The summed E-state index contributed by atoms with van der Waals surface area (Å²) in [7, 11) is 0. The van der Waals surface area contributed by atoms with Gasteiger partial charge in [0, 0.05) is 16.1 Å². The van der Waals surface area contributed by atoms with Crippen LogP contribution in [0.25, 0.3) is 11.3 Å². The lowest BCUT2D eigenvalue weighted by atomic mass is 9.92. The van der Waals surface area contributed by atoms with Crippen LogP contribution in [0.5, 0.6) is 0 Å². The van der Waals surface area contributed by atoms with E-state index in [1.807, 2.05) is 30.3 Å². The standard InChI is InChI=1S/C18H11Cl2N7O/c19-10-6-7-11(12(20)8-10)14-13-15(17(28)23-22-14)21-18-24-25-26-27(18)16(13)9-4-2-1-3-5-9/h1-8,16H,(H,23,28)(H,21,24,26). The van der Waals surface area contributed by atoms with E-state index in [-0.39, 0.29) is 5.56 Å². The van der Waals surface area contributed by atoms with Gasteiger partial charge < -0.3 is 5.32 Å². The molecule has 0 saturated heterocycles. The van der Waals surface area contributed by atoms with E-state index in [9.17, 15) is 4.79 Å². The van der Waals surface area contributed by atoms with E-state index < -0.39 is 6.04 Å². The van der Waals surface area contributed by atoms with Gasteiger partial charge in [-0.05, 0) is 34.2 Å². The van der Waals surface area contributed by atoms with Gasteiger partial charge in [-0.3, -0.25) is 4.79 Å². The number of rotatable bonds is 2. The first kappa shape index (κ1) is 16.9. The number of H-pyrrole nitrogens is 1. The second kappa shape index (κ2) is 6.43. The number of benzene rings is 2. The number of fused-ring (bicyclic) bond motifs is 2. The SMILES string of the molecule is O=c1[nH]nc(-c2ccc(Cl)cc2Cl)c2c1Nc1nnnn1C2c1ccccc1. The second-order valence-corrected chi connectivity index (χ2v) is 7.04. The number of halogens is 2. The molecule has 2 aromatic carbocycles. The molecule has 5 rings (SSSR count). The lowest BCUT2D eigenvalue weighted by molar-refractivity contribution is 0.567. The number of aromatic nitrogens is 6. The summed E-state index contributed by atoms with van der Waals surface area (Å²) in [6.07, 6.45) is 0. The van der Waals surface area contributed by atoms with Crippen LogP contribution < -0.4 is 10.9 Å². The molecular weight excluding hydrogens is 401 g/mol. The highest BCUT2D eigenvalue weighted by Crippen LogP contribution is 2.42. The molecule has 1 unspecified atom stereocenters. The topological polar surface area (TPSA) is 101 Å². The summed E-state index contributed by atoms with van der Waals surface area (Å²) in [5.74, 6) is 0.367. The van der Waals surface area contributed by atoms with Crippen molar-refractivity contribution in [1.29, 1.82) is 0 Å². The number of hydrogen-bond donors (Lipinski definition) is 2. The van der Waals surface area contributed by atoms with E-state index in [0.717, 1.165) is 5.56 Å². The van der Waals surface area contributed by atoms with E-state index >= 15 is 0 Å². The molecule has 0 spiro atoms. The molecule has 4 aromatic rings. The molecule has 138 valence electrons. The molecule has 0 fully saturated rings. The molecule has 3 heterocycles. The number of tetrazole rings is 1. The Morgan fingerprint density at radius 3 is 2.68 bits per heavy atom. The Kier molecular flexibility index (Phi) is 3.88. The molecule has 0 radical (unpaired) electrons. The molecule has 0 saturated carbocycles. The summed E-state index contributed by atoms with van der Waals surface area (Å²) in [6.45, 7) is 0. The largest absolute Gasteiger partial charge is 0.318 e. The molecule has 1 aliphatic rings. The van der Waals surface area contributed by atoms with Crippen LogP contribution in [0.4, 0.5) is 11.6 Å². The van der Waals surface area contributed by atoms with Crippen LogP contribution in [-0.2, 0) is 0 Å². The van der Waals surface area contributed by atoms with Crippen LogP contribution in [0.1, 0.15) is 17.2 Å². The predicted octanol–water partition coefficient (Wildman–Crippen LogP) is 3.42. The van der Waals surface area contributed by atoms with Gasteiger partial charge in [0.15, 0.2) is 0 Å². The zero-order valence-corrected chi connectivity index (χ0v) is 15.6. The van der Waals surface area contributed by atoms with Crippen molar-refractivity contribution in [2.24, 2.45) is 0 Å². The van der Waals surface area contributed by atoms with Crippen LogP contribution in [0.3, 0.4) is 0 Å². The second-order valence-electron chi connectivity index (χ2n) is 6.20. The zero-order valence-electron chi connectivity index (χ0n) is 14.1. The number of nitrogens with zero attached hydrogens (tertiary/aromatic N) is 5. The third-order valence-electron chi connectivity index (χ3n) is 4.57. The molecule has 1 atom stereocenters. The Balaban J connectivity index is 1.84. The molecule has 0 amide bonds. The number of aromatic amines is 1. The molecular formula is C18H11Cl2N7O. The first-order chi connectivity index (χ1) is 13.6. The lowest BCUT2D eigenvalue weighted by Gasteiger charge is -2.27. The summed E-state index contributed by atoms with van der Waals surface area (Å²) in [5, 5.41) is 22.6. The molecule has 8 nitrogen and oxygen atoms in total. The van der Waals surface area contributed by atoms with Crippen LogP contribution in [0.15, 0.2) is 53.3 Å². The molecule has 0 bridgehead atoms. The van der Waals surface area contributed by atoms with E-state index in [4.69, 9.17) is 23.2 Å². The molecule has 1 aliphatic heterocycles. The van der Waals surface area contributed by atoms with Crippen LogP contribution >= 0.6 is 23.2 Å². The van der Waals surface area contributed by atoms with Gasteiger partial charge in [0.1, 0.15) is 17.4 Å². The van der Waals surface area contributed by atoms with Crippen molar-refractivity contribution in [2.45, 2.75) is 6.04 Å². The minimum atomic E-state index is -0.459. The summed E-state index contributed by atoms with van der Waals surface area (Å²) in [6, 6.07) is 14.3. The minimum absolute atomic E-state index is 0.326. The Morgan fingerprint density at radius 1 is 1.07 bits per heavy atom. The number of nitrogens with one attached hydrogen (secondary N) is 2. The fraction of sp³-hybridized carbons (Fsp3) is 0.0556. The molecule has 2 N–H and O–H groups in total. The van der Waals surface area contributed by atoms with Gasteiger partial charge in [-0.15, -0.1) is 0 Å². The maximum atomic E-state index is 12.6. The third kappa shape index (κ3) is 2.57. The maximum absolute atomic E-state index is 12.6. The van der Waals surface area contributed by atoms with Gasteiger partial charge in [-0.25, -0.2) is 5.10 Å². The average molecular weight is 412 g/mol. The average Bonchev–Trinajstić information content (AvgIpc) is 3.16. The quantitative estimate of drug-likeness (QED) is 0.461. The number of hydrogen-bond acceptors (Lipinski definition) is 6. The van der Waals surface area contributed by atoms with Gasteiger partial charge in [-0.1, -0.05) is 58.6 Å². The monoisotopic (exact) mass is 411 g/mol. The number of anilines is 2. The zero-order chi connectivity index (χ0) is 19.3. The third-order valence-corrected chi connectivity index (χ3v) is 5.12. The van der Waals surface area contributed by atoms with Crippen LogP contribution in [-0.4, -0.2) is 30.4 Å². The Bertz CT molecular complexity index is 1250. The molecule has 2 aromatic heterocycles. The van der Waals surface area contributed by atoms with E-state index in [2.05, 4.69) is 31.0 Å². The lowest BCUT2D eigenvalue weighted by Crippen LogP contribution is -2.29. The Hall–Kier alpha value is -3.23. The Morgan fingerprint density at radius 2 is 1.89 bits per heavy atom. The van der Waals surface area contributed by atoms with Crippen LogP contribution in [0, 0.1) is 0 Å². The van der Waals surface area contributed by atoms with Crippen molar-refractivity contribution in [3.05, 3.63) is 80.1 Å². The highest BCUT2D eigenvalue weighted by atomic mass is 35.5. The highest BCUT2D eigenvalue weighted by Gasteiger charge is 2.34. The van der Waals surface area contributed by atoms with E-state index in [0.29, 0.717) is 38.5 Å². The van der Waals surface area contributed by atoms with Gasteiger partial charge in [0.05, 0.1) is 5.02 Å². The maximum Gasteiger partial charge on any atom is 0.288 e. The highest BCUT2D eigenvalue weighted by molar-refractivity contribution is 6.36. The molecule has 28 heavy (non-hydrogen) atoms.